The van der Waals surface area contributed by atoms with Gasteiger partial charge in [0.1, 0.15) is 5.41 Å². The molecule has 0 radical (unpaired) electrons. The summed E-state index contributed by atoms with van der Waals surface area (Å²) in [4.78, 5) is 17.9. The van der Waals surface area contributed by atoms with Crippen molar-refractivity contribution in [1.29, 1.82) is 0 Å². The molecule has 1 amide bonds. The minimum Gasteiger partial charge on any atom is -0.308 e. The number of nitrogens with zero attached hydrogens (tertiary/aromatic N) is 3. The van der Waals surface area contributed by atoms with Crippen LogP contribution in [0.3, 0.4) is 0 Å². The molecule has 9 heteroatoms. The van der Waals surface area contributed by atoms with Crippen molar-refractivity contribution in [3.05, 3.63) is 16.3 Å². The molecule has 27 heavy (non-hydrogen) atoms. The second kappa shape index (κ2) is 6.05. The third-order valence-electron chi connectivity index (χ3n) is 5.68. The van der Waals surface area contributed by atoms with Gasteiger partial charge in [0.25, 0.3) is 0 Å². The van der Waals surface area contributed by atoms with Gasteiger partial charge < -0.3 is 5.32 Å². The van der Waals surface area contributed by atoms with E-state index in [1.54, 1.807) is 11.7 Å². The number of halogens is 3. The number of amides is 1. The van der Waals surface area contributed by atoms with Gasteiger partial charge in [0, 0.05) is 12.6 Å². The molecule has 146 valence electrons. The molecule has 1 N–H and O–H groups in total. The SMILES string of the molecule is Cc1nc(C)c(-c2c(C3CCC3)c(NC(=O)C3(C(F)(F)F)CC3)nn2C)s1. The van der Waals surface area contributed by atoms with Crippen LogP contribution in [0, 0.1) is 19.3 Å². The van der Waals surface area contributed by atoms with Crippen LogP contribution in [0.1, 0.15) is 54.3 Å². The Morgan fingerprint density at radius 1 is 1.30 bits per heavy atom. The second-order valence-corrected chi connectivity index (χ2v) is 8.75. The minimum absolute atomic E-state index is 0.159. The Balaban J connectivity index is 1.75. The third kappa shape index (κ3) is 2.86. The summed E-state index contributed by atoms with van der Waals surface area (Å²) in [7, 11) is 1.76. The number of aryl methyl sites for hydroxylation is 3. The van der Waals surface area contributed by atoms with Crippen molar-refractivity contribution in [2.45, 2.75) is 58.0 Å². The minimum atomic E-state index is -4.53. The molecule has 2 aliphatic rings. The van der Waals surface area contributed by atoms with Gasteiger partial charge in [0.05, 0.1) is 21.3 Å². The predicted molar refractivity (Wildman–Crippen MR) is 96.7 cm³/mol. The van der Waals surface area contributed by atoms with Crippen LogP contribution in [0.25, 0.3) is 10.6 Å². The standard InChI is InChI=1S/C18H21F3N4OS/c1-9-14(27-10(2)22-9)13-12(11-5-4-6-11)15(24-25(13)3)23-16(26)17(7-8-17)18(19,20)21/h11H,4-8H2,1-3H3,(H,23,24,26). The Morgan fingerprint density at radius 3 is 2.41 bits per heavy atom. The molecule has 5 nitrogen and oxygen atoms in total. The van der Waals surface area contributed by atoms with Crippen molar-refractivity contribution in [2.75, 3.05) is 5.32 Å². The number of hydrogen-bond acceptors (Lipinski definition) is 4. The van der Waals surface area contributed by atoms with Crippen LogP contribution < -0.4 is 5.32 Å². The summed E-state index contributed by atoms with van der Waals surface area (Å²) in [6.45, 7) is 3.83. The summed E-state index contributed by atoms with van der Waals surface area (Å²) in [5, 5.41) is 7.84. The van der Waals surface area contributed by atoms with Crippen LogP contribution >= 0.6 is 11.3 Å². The average molecular weight is 398 g/mol. The molecule has 2 heterocycles. The van der Waals surface area contributed by atoms with Crippen molar-refractivity contribution in [2.24, 2.45) is 12.5 Å². The maximum absolute atomic E-state index is 13.3. The van der Waals surface area contributed by atoms with Crippen molar-refractivity contribution in [3.8, 4) is 10.6 Å². The highest BCUT2D eigenvalue weighted by atomic mass is 32.1. The molecule has 4 rings (SSSR count). The number of hydrogen-bond donors (Lipinski definition) is 1. The number of anilines is 1. The molecule has 0 bridgehead atoms. The fraction of sp³-hybridized carbons (Fsp3) is 0.611. The molecular weight excluding hydrogens is 377 g/mol. The van der Waals surface area contributed by atoms with E-state index in [1.165, 1.54) is 11.3 Å². The van der Waals surface area contributed by atoms with Crippen LogP contribution in [0.15, 0.2) is 0 Å². The second-order valence-electron chi connectivity index (χ2n) is 7.54. The topological polar surface area (TPSA) is 59.8 Å². The molecule has 0 saturated heterocycles. The molecule has 0 aliphatic heterocycles. The normalized spacial score (nSPS) is 19.0. The van der Waals surface area contributed by atoms with Crippen molar-refractivity contribution in [1.82, 2.24) is 14.8 Å². The Bertz CT molecular complexity index is 907. The Labute approximate surface area is 159 Å². The van der Waals surface area contributed by atoms with E-state index in [0.717, 1.165) is 46.1 Å². The first-order valence-electron chi connectivity index (χ1n) is 9.03. The summed E-state index contributed by atoms with van der Waals surface area (Å²) in [6, 6.07) is 0. The molecule has 2 saturated carbocycles. The summed E-state index contributed by atoms with van der Waals surface area (Å²) in [5.74, 6) is -0.521. The zero-order chi connectivity index (χ0) is 19.6. The number of rotatable bonds is 4. The quantitative estimate of drug-likeness (QED) is 0.811. The van der Waals surface area contributed by atoms with Crippen molar-refractivity contribution < 1.29 is 18.0 Å². The van der Waals surface area contributed by atoms with Gasteiger partial charge in [-0.2, -0.15) is 18.3 Å². The first-order valence-corrected chi connectivity index (χ1v) is 9.85. The highest BCUT2D eigenvalue weighted by Gasteiger charge is 2.68. The highest BCUT2D eigenvalue weighted by molar-refractivity contribution is 7.15. The smallest absolute Gasteiger partial charge is 0.308 e. The molecule has 2 fully saturated rings. The first kappa shape index (κ1) is 18.5. The van der Waals surface area contributed by atoms with E-state index in [4.69, 9.17) is 0 Å². The van der Waals surface area contributed by atoms with E-state index in [1.807, 2.05) is 13.8 Å². The molecule has 0 unspecified atom stereocenters. The lowest BCUT2D eigenvalue weighted by Crippen LogP contribution is -2.37. The first-order chi connectivity index (χ1) is 12.6. The number of thiazole rings is 1. The lowest BCUT2D eigenvalue weighted by Gasteiger charge is -2.27. The van der Waals surface area contributed by atoms with E-state index in [9.17, 15) is 18.0 Å². The van der Waals surface area contributed by atoms with Gasteiger partial charge in [-0.1, -0.05) is 6.42 Å². The van der Waals surface area contributed by atoms with Crippen LogP contribution in [0.2, 0.25) is 0 Å². The van der Waals surface area contributed by atoms with Gasteiger partial charge in [-0.15, -0.1) is 11.3 Å². The van der Waals surface area contributed by atoms with E-state index in [-0.39, 0.29) is 24.6 Å². The summed E-state index contributed by atoms with van der Waals surface area (Å²) in [6.07, 6.45) is -1.89. The maximum atomic E-state index is 13.3. The Kier molecular flexibility index (Phi) is 4.14. The third-order valence-corrected chi connectivity index (χ3v) is 6.75. The van der Waals surface area contributed by atoms with E-state index < -0.39 is 17.5 Å². The van der Waals surface area contributed by atoms with E-state index >= 15 is 0 Å². The predicted octanol–water partition coefficient (Wildman–Crippen LogP) is 4.71. The summed E-state index contributed by atoms with van der Waals surface area (Å²) < 4.78 is 41.6. The Morgan fingerprint density at radius 2 is 1.96 bits per heavy atom. The molecule has 0 aromatic carbocycles. The number of carbonyl (C=O) groups excluding carboxylic acids is 1. The largest absolute Gasteiger partial charge is 0.403 e. The monoisotopic (exact) mass is 398 g/mol. The molecule has 2 aromatic heterocycles. The van der Waals surface area contributed by atoms with E-state index in [2.05, 4.69) is 15.4 Å². The average Bonchev–Trinajstić information content (AvgIpc) is 3.19. The Hall–Kier alpha value is -1.90. The fourth-order valence-electron chi connectivity index (χ4n) is 3.73. The lowest BCUT2D eigenvalue weighted by atomic mass is 9.79. The zero-order valence-electron chi connectivity index (χ0n) is 15.4. The van der Waals surface area contributed by atoms with Crippen LogP contribution in [-0.4, -0.2) is 26.8 Å². The number of alkyl halides is 3. The van der Waals surface area contributed by atoms with Crippen LogP contribution in [-0.2, 0) is 11.8 Å². The number of nitrogens with one attached hydrogen (secondary N) is 1. The van der Waals surface area contributed by atoms with E-state index in [0.29, 0.717) is 0 Å². The molecular formula is C18H21F3N4OS. The summed E-state index contributed by atoms with van der Waals surface area (Å²) in [5.41, 5.74) is 0.322. The summed E-state index contributed by atoms with van der Waals surface area (Å²) >= 11 is 1.54. The molecule has 2 aliphatic carbocycles. The molecule has 0 spiro atoms. The highest BCUT2D eigenvalue weighted by Crippen LogP contribution is 2.58. The van der Waals surface area contributed by atoms with Gasteiger partial charge in [0.15, 0.2) is 5.82 Å². The molecule has 0 atom stereocenters. The van der Waals surface area contributed by atoms with Gasteiger partial charge >= 0.3 is 6.18 Å². The van der Waals surface area contributed by atoms with Gasteiger partial charge in [0.2, 0.25) is 5.91 Å². The van der Waals surface area contributed by atoms with Crippen molar-refractivity contribution in [3.63, 3.8) is 0 Å². The molecule has 2 aromatic rings. The maximum Gasteiger partial charge on any atom is 0.403 e. The lowest BCUT2D eigenvalue weighted by molar-refractivity contribution is -0.189. The van der Waals surface area contributed by atoms with Crippen molar-refractivity contribution >= 4 is 23.1 Å². The number of aromatic nitrogens is 3. The number of carbonyl (C=O) groups is 1. The van der Waals surface area contributed by atoms with Crippen LogP contribution in [0.5, 0.6) is 0 Å². The van der Waals surface area contributed by atoms with Gasteiger partial charge in [-0.05, 0) is 45.4 Å². The van der Waals surface area contributed by atoms with Gasteiger partial charge in [-0.3, -0.25) is 9.48 Å². The van der Waals surface area contributed by atoms with Crippen LogP contribution in [0.4, 0.5) is 19.0 Å². The van der Waals surface area contributed by atoms with Gasteiger partial charge in [-0.25, -0.2) is 4.98 Å². The fourth-order valence-corrected chi connectivity index (χ4v) is 4.74. The zero-order valence-corrected chi connectivity index (χ0v) is 16.2.